The van der Waals surface area contributed by atoms with Crippen LogP contribution in [0.4, 0.5) is 0 Å². The number of hydrazine groups is 1. The van der Waals surface area contributed by atoms with Gasteiger partial charge in [0.2, 0.25) is 0 Å². The molecule has 0 aliphatic rings. The summed E-state index contributed by atoms with van der Waals surface area (Å²) in [5.74, 6) is 5.58. The summed E-state index contributed by atoms with van der Waals surface area (Å²) < 4.78 is 1.96. The highest BCUT2D eigenvalue weighted by atomic mass is 32.1. The highest BCUT2D eigenvalue weighted by Crippen LogP contribution is 2.11. The Morgan fingerprint density at radius 1 is 1.69 bits per heavy atom. The van der Waals surface area contributed by atoms with Gasteiger partial charge in [0.25, 0.3) is 5.91 Å². The largest absolute Gasteiger partial charge is 0.329 e. The van der Waals surface area contributed by atoms with E-state index in [1.54, 1.807) is 6.20 Å². The molecule has 2 aromatic rings. The number of thiazole rings is 1. The predicted octanol–water partition coefficient (Wildman–Crippen LogP) is 0.300. The number of amides is 1. The molecular formula is C9H11N5OS. The van der Waals surface area contributed by atoms with Crippen molar-refractivity contribution in [3.05, 3.63) is 34.3 Å². The molecule has 0 atom stereocenters. The fourth-order valence-corrected chi connectivity index (χ4v) is 2.00. The quantitative estimate of drug-likeness (QED) is 0.456. The van der Waals surface area contributed by atoms with Crippen molar-refractivity contribution in [2.75, 3.05) is 0 Å². The summed E-state index contributed by atoms with van der Waals surface area (Å²) in [6, 6.07) is 0. The summed E-state index contributed by atoms with van der Waals surface area (Å²) in [6.07, 6.45) is 3.60. The van der Waals surface area contributed by atoms with Crippen LogP contribution in [0.25, 0.3) is 0 Å². The van der Waals surface area contributed by atoms with Crippen molar-refractivity contribution in [3.63, 3.8) is 0 Å². The highest BCUT2D eigenvalue weighted by molar-refractivity contribution is 7.11. The second-order valence-electron chi connectivity index (χ2n) is 3.22. The van der Waals surface area contributed by atoms with Crippen LogP contribution < -0.4 is 11.3 Å². The van der Waals surface area contributed by atoms with Gasteiger partial charge in [-0.1, -0.05) is 0 Å². The number of nitrogens with zero attached hydrogens (tertiary/aromatic N) is 3. The first kappa shape index (κ1) is 10.8. The topological polar surface area (TPSA) is 85.8 Å². The van der Waals surface area contributed by atoms with E-state index in [4.69, 9.17) is 5.84 Å². The molecule has 7 heteroatoms. The van der Waals surface area contributed by atoms with Crippen LogP contribution in [0, 0.1) is 6.92 Å². The second-order valence-corrected chi connectivity index (χ2v) is 4.08. The van der Waals surface area contributed by atoms with Crippen molar-refractivity contribution in [1.29, 1.82) is 0 Å². The van der Waals surface area contributed by atoms with Crippen molar-refractivity contribution in [2.45, 2.75) is 13.5 Å². The van der Waals surface area contributed by atoms with Crippen molar-refractivity contribution >= 4 is 17.2 Å². The standard InChI is InChI=1S/C9H11N5OS/c1-6-11-2-3-14(6)4-7-5-16-9(12-7)8(15)13-10/h2-3,5H,4,10H2,1H3,(H,13,15). The van der Waals surface area contributed by atoms with Crippen molar-refractivity contribution in [2.24, 2.45) is 5.84 Å². The molecule has 84 valence electrons. The van der Waals surface area contributed by atoms with E-state index in [1.807, 2.05) is 23.1 Å². The second kappa shape index (κ2) is 4.42. The van der Waals surface area contributed by atoms with Gasteiger partial charge in [0.05, 0.1) is 12.2 Å². The molecule has 2 heterocycles. The summed E-state index contributed by atoms with van der Waals surface area (Å²) in [5.41, 5.74) is 2.88. The highest BCUT2D eigenvalue weighted by Gasteiger charge is 2.09. The first-order valence-electron chi connectivity index (χ1n) is 4.64. The van der Waals surface area contributed by atoms with Gasteiger partial charge in [0.1, 0.15) is 5.82 Å². The zero-order valence-electron chi connectivity index (χ0n) is 8.67. The normalized spacial score (nSPS) is 10.4. The van der Waals surface area contributed by atoms with Gasteiger partial charge in [-0.2, -0.15) is 0 Å². The third-order valence-corrected chi connectivity index (χ3v) is 3.02. The Balaban J connectivity index is 2.14. The molecule has 0 saturated heterocycles. The lowest BCUT2D eigenvalue weighted by atomic mass is 10.4. The minimum atomic E-state index is -0.362. The Bertz CT molecular complexity index is 503. The molecule has 0 aromatic carbocycles. The Hall–Kier alpha value is -1.73. The van der Waals surface area contributed by atoms with Gasteiger partial charge in [-0.25, -0.2) is 15.8 Å². The molecule has 6 nitrogen and oxygen atoms in total. The van der Waals surface area contributed by atoms with E-state index in [2.05, 4.69) is 15.4 Å². The van der Waals surface area contributed by atoms with Crippen molar-refractivity contribution in [1.82, 2.24) is 20.0 Å². The first-order chi connectivity index (χ1) is 7.70. The molecule has 2 aromatic heterocycles. The van der Waals surface area contributed by atoms with Crippen LogP contribution in [0.2, 0.25) is 0 Å². The average molecular weight is 237 g/mol. The number of nitrogen functional groups attached to an aromatic ring is 1. The van der Waals surface area contributed by atoms with E-state index in [9.17, 15) is 4.79 Å². The third kappa shape index (κ3) is 2.10. The minimum absolute atomic E-state index is 0.362. The maximum atomic E-state index is 11.2. The van der Waals surface area contributed by atoms with Gasteiger partial charge in [0.15, 0.2) is 5.01 Å². The number of aromatic nitrogens is 3. The monoisotopic (exact) mass is 237 g/mol. The minimum Gasteiger partial charge on any atom is -0.329 e. The van der Waals surface area contributed by atoms with Gasteiger partial charge in [0, 0.05) is 17.8 Å². The molecule has 16 heavy (non-hydrogen) atoms. The number of nitrogens with one attached hydrogen (secondary N) is 1. The molecule has 2 rings (SSSR count). The molecule has 3 N–H and O–H groups in total. The summed E-state index contributed by atoms with van der Waals surface area (Å²) in [6.45, 7) is 2.53. The van der Waals surface area contributed by atoms with E-state index in [-0.39, 0.29) is 5.91 Å². The number of carbonyl (C=O) groups excluding carboxylic acids is 1. The summed E-state index contributed by atoms with van der Waals surface area (Å²) in [4.78, 5) is 19.5. The molecule has 0 unspecified atom stereocenters. The van der Waals surface area contributed by atoms with Gasteiger partial charge in [-0.3, -0.25) is 10.2 Å². The summed E-state index contributed by atoms with van der Waals surface area (Å²) >= 11 is 1.27. The summed E-state index contributed by atoms with van der Waals surface area (Å²) in [7, 11) is 0. The lowest BCUT2D eigenvalue weighted by Gasteiger charge is -2.00. The van der Waals surface area contributed by atoms with E-state index >= 15 is 0 Å². The molecule has 0 aliphatic heterocycles. The lowest BCUT2D eigenvalue weighted by Crippen LogP contribution is -2.29. The number of rotatable bonds is 3. The zero-order valence-corrected chi connectivity index (χ0v) is 9.49. The molecule has 0 aliphatic carbocycles. The number of imidazole rings is 1. The molecule has 0 fully saturated rings. The molecular weight excluding hydrogens is 226 g/mol. The zero-order chi connectivity index (χ0) is 11.5. The fraction of sp³-hybridized carbons (Fsp3) is 0.222. The van der Waals surface area contributed by atoms with Crippen LogP contribution in [0.1, 0.15) is 21.3 Å². The molecule has 0 spiro atoms. The third-order valence-electron chi connectivity index (χ3n) is 2.13. The number of carbonyl (C=O) groups is 1. The number of hydrogen-bond acceptors (Lipinski definition) is 5. The van der Waals surface area contributed by atoms with Gasteiger partial charge >= 0.3 is 0 Å². The van der Waals surface area contributed by atoms with Crippen molar-refractivity contribution < 1.29 is 4.79 Å². The number of hydrogen-bond donors (Lipinski definition) is 2. The predicted molar refractivity (Wildman–Crippen MR) is 59.8 cm³/mol. The number of nitrogens with two attached hydrogens (primary N) is 1. The van der Waals surface area contributed by atoms with Crippen molar-refractivity contribution in [3.8, 4) is 0 Å². The smallest absolute Gasteiger partial charge is 0.294 e. The number of aryl methyl sites for hydroxylation is 1. The Morgan fingerprint density at radius 2 is 2.50 bits per heavy atom. The van der Waals surface area contributed by atoms with Crippen LogP contribution in [-0.4, -0.2) is 20.4 Å². The van der Waals surface area contributed by atoms with Gasteiger partial charge in [-0.15, -0.1) is 11.3 Å². The Labute approximate surface area is 96.1 Å². The molecule has 0 bridgehead atoms. The molecule has 0 saturated carbocycles. The van der Waals surface area contributed by atoms with Crippen LogP contribution in [0.15, 0.2) is 17.8 Å². The van der Waals surface area contributed by atoms with Crippen LogP contribution in [0.5, 0.6) is 0 Å². The Morgan fingerprint density at radius 3 is 3.12 bits per heavy atom. The molecule has 1 amide bonds. The fourth-order valence-electron chi connectivity index (χ4n) is 1.29. The van der Waals surface area contributed by atoms with Crippen LogP contribution in [0.3, 0.4) is 0 Å². The van der Waals surface area contributed by atoms with Gasteiger partial charge in [-0.05, 0) is 6.92 Å². The average Bonchev–Trinajstić information content (AvgIpc) is 2.89. The van der Waals surface area contributed by atoms with E-state index in [0.717, 1.165) is 11.5 Å². The van der Waals surface area contributed by atoms with Gasteiger partial charge < -0.3 is 4.57 Å². The Kier molecular flexibility index (Phi) is 2.97. The summed E-state index contributed by atoms with van der Waals surface area (Å²) in [5, 5.41) is 2.21. The van der Waals surface area contributed by atoms with E-state index < -0.39 is 0 Å². The molecule has 0 radical (unpaired) electrons. The van der Waals surface area contributed by atoms with Crippen LogP contribution in [-0.2, 0) is 6.54 Å². The first-order valence-corrected chi connectivity index (χ1v) is 5.51. The SMILES string of the molecule is Cc1nccn1Cc1csc(C(=O)NN)n1. The van der Waals surface area contributed by atoms with Crippen LogP contribution >= 0.6 is 11.3 Å². The maximum absolute atomic E-state index is 11.2. The van der Waals surface area contributed by atoms with E-state index in [0.29, 0.717) is 11.6 Å². The lowest BCUT2D eigenvalue weighted by molar-refractivity contribution is 0.0953. The van der Waals surface area contributed by atoms with E-state index in [1.165, 1.54) is 11.3 Å². The maximum Gasteiger partial charge on any atom is 0.294 e.